The lowest BCUT2D eigenvalue weighted by molar-refractivity contribution is -0.137. The Morgan fingerprint density at radius 1 is 1.26 bits per heavy atom. The van der Waals surface area contributed by atoms with Crippen molar-refractivity contribution < 1.29 is 14.7 Å². The van der Waals surface area contributed by atoms with Crippen LogP contribution in [0.15, 0.2) is 47.6 Å². The summed E-state index contributed by atoms with van der Waals surface area (Å²) in [7, 11) is 0. The van der Waals surface area contributed by atoms with Gasteiger partial charge in [-0.3, -0.25) is 9.59 Å². The Hall–Kier alpha value is -3.35. The van der Waals surface area contributed by atoms with Crippen molar-refractivity contribution in [3.05, 3.63) is 59.2 Å². The second kappa shape index (κ2) is 8.35. The summed E-state index contributed by atoms with van der Waals surface area (Å²) in [5.74, 6) is 4.08. The highest BCUT2D eigenvalue weighted by atomic mass is 16.4. The van der Waals surface area contributed by atoms with Gasteiger partial charge in [-0.25, -0.2) is 0 Å². The number of aryl methyl sites for hydroxylation is 1. The van der Waals surface area contributed by atoms with Gasteiger partial charge in [-0.1, -0.05) is 18.2 Å². The first-order valence-electron chi connectivity index (χ1n) is 8.81. The molecule has 0 aromatic heterocycles. The van der Waals surface area contributed by atoms with Crippen LogP contribution in [0.4, 0.5) is 11.4 Å². The molecule has 0 saturated carbocycles. The van der Waals surface area contributed by atoms with Crippen LogP contribution in [0.5, 0.6) is 0 Å². The van der Waals surface area contributed by atoms with Crippen LogP contribution in [0.1, 0.15) is 40.7 Å². The summed E-state index contributed by atoms with van der Waals surface area (Å²) in [6.45, 7) is 0. The number of carboxylic acid groups (broad SMARTS) is 1. The number of hydrogen-bond donors (Lipinski definition) is 4. The van der Waals surface area contributed by atoms with Crippen molar-refractivity contribution in [3.8, 4) is 0 Å². The van der Waals surface area contributed by atoms with Gasteiger partial charge in [0.05, 0.1) is 12.6 Å². The molecule has 2 aromatic carbocycles. The standard InChI is InChI=1S/C20H22N4O3/c21-22-12-13-4-6-15(7-5-13)20(27)24-17-9-8-14-2-1-3-16(11-19(25)26)23-18(14)10-17/h4-10,12,16,23H,1-3,11,21H2,(H,24,27)(H,25,26). The Morgan fingerprint density at radius 2 is 2.04 bits per heavy atom. The molecule has 1 atom stereocenters. The van der Waals surface area contributed by atoms with Crippen LogP contribution < -0.4 is 16.5 Å². The van der Waals surface area contributed by atoms with Crippen LogP contribution in [0.2, 0.25) is 0 Å². The Balaban J connectivity index is 1.73. The summed E-state index contributed by atoms with van der Waals surface area (Å²) in [6, 6.07) is 12.5. The van der Waals surface area contributed by atoms with Gasteiger partial charge in [-0.2, -0.15) is 5.10 Å². The number of anilines is 2. The van der Waals surface area contributed by atoms with E-state index >= 15 is 0 Å². The van der Waals surface area contributed by atoms with Crippen LogP contribution in [0.25, 0.3) is 0 Å². The van der Waals surface area contributed by atoms with Crippen LogP contribution in [0.3, 0.4) is 0 Å². The topological polar surface area (TPSA) is 117 Å². The van der Waals surface area contributed by atoms with Crippen molar-refractivity contribution in [3.63, 3.8) is 0 Å². The molecule has 0 saturated heterocycles. The number of rotatable bonds is 5. The van der Waals surface area contributed by atoms with Gasteiger partial charge >= 0.3 is 5.97 Å². The molecule has 1 amide bonds. The number of nitrogens with two attached hydrogens (primary N) is 1. The minimum Gasteiger partial charge on any atom is -0.481 e. The Bertz CT molecular complexity index is 862. The van der Waals surface area contributed by atoms with Gasteiger partial charge in [0, 0.05) is 23.0 Å². The number of aliphatic carboxylic acids is 1. The molecule has 5 N–H and O–H groups in total. The summed E-state index contributed by atoms with van der Waals surface area (Å²) < 4.78 is 0. The molecule has 3 rings (SSSR count). The van der Waals surface area contributed by atoms with Gasteiger partial charge in [-0.05, 0) is 54.7 Å². The first kappa shape index (κ1) is 18.4. The predicted octanol–water partition coefficient (Wildman–Crippen LogP) is 2.82. The molecule has 7 nitrogen and oxygen atoms in total. The number of nitrogens with zero attached hydrogens (tertiary/aromatic N) is 1. The average molecular weight is 366 g/mol. The number of fused-ring (bicyclic) bond motifs is 1. The molecule has 0 fully saturated rings. The number of hydrazone groups is 1. The number of amides is 1. The number of benzene rings is 2. The van der Waals surface area contributed by atoms with Crippen molar-refractivity contribution in [1.29, 1.82) is 0 Å². The van der Waals surface area contributed by atoms with Gasteiger partial charge in [-0.15, -0.1) is 0 Å². The first-order chi connectivity index (χ1) is 13.0. The molecule has 1 heterocycles. The van der Waals surface area contributed by atoms with Crippen molar-refractivity contribution in [2.75, 3.05) is 10.6 Å². The molecule has 7 heteroatoms. The SMILES string of the molecule is NN=Cc1ccc(C(=O)Nc2ccc3c(c2)NC(CC(=O)O)CCC3)cc1. The normalized spacial score (nSPS) is 16.2. The van der Waals surface area contributed by atoms with Crippen molar-refractivity contribution >= 4 is 29.5 Å². The largest absolute Gasteiger partial charge is 0.481 e. The van der Waals surface area contributed by atoms with Gasteiger partial charge < -0.3 is 21.6 Å². The van der Waals surface area contributed by atoms with Crippen LogP contribution in [-0.2, 0) is 11.2 Å². The zero-order valence-corrected chi connectivity index (χ0v) is 14.8. The van der Waals surface area contributed by atoms with E-state index in [0.29, 0.717) is 11.3 Å². The van der Waals surface area contributed by atoms with Crippen molar-refractivity contribution in [1.82, 2.24) is 0 Å². The summed E-state index contributed by atoms with van der Waals surface area (Å²) in [5.41, 5.74) is 4.01. The van der Waals surface area contributed by atoms with Crippen molar-refractivity contribution in [2.24, 2.45) is 10.9 Å². The summed E-state index contributed by atoms with van der Waals surface area (Å²) in [4.78, 5) is 23.5. The number of carbonyl (C=O) groups is 2. The summed E-state index contributed by atoms with van der Waals surface area (Å²) >= 11 is 0. The minimum atomic E-state index is -0.816. The van der Waals surface area contributed by atoms with Crippen molar-refractivity contribution in [2.45, 2.75) is 31.7 Å². The maximum Gasteiger partial charge on any atom is 0.305 e. The second-order valence-corrected chi connectivity index (χ2v) is 6.56. The van der Waals surface area contributed by atoms with Gasteiger partial charge in [0.2, 0.25) is 0 Å². The van der Waals surface area contributed by atoms with E-state index < -0.39 is 5.97 Å². The fourth-order valence-electron chi connectivity index (χ4n) is 3.21. The third-order valence-corrected chi connectivity index (χ3v) is 4.54. The van der Waals surface area contributed by atoms with E-state index in [2.05, 4.69) is 15.7 Å². The molecule has 140 valence electrons. The highest BCUT2D eigenvalue weighted by Gasteiger charge is 2.19. The molecule has 1 aliphatic rings. The fourth-order valence-corrected chi connectivity index (χ4v) is 3.21. The molecule has 0 bridgehead atoms. The highest BCUT2D eigenvalue weighted by Crippen LogP contribution is 2.28. The third kappa shape index (κ3) is 4.84. The lowest BCUT2D eigenvalue weighted by Gasteiger charge is -2.17. The van der Waals surface area contributed by atoms with E-state index in [4.69, 9.17) is 10.9 Å². The highest BCUT2D eigenvalue weighted by molar-refractivity contribution is 6.04. The van der Waals surface area contributed by atoms with E-state index in [-0.39, 0.29) is 18.4 Å². The maximum absolute atomic E-state index is 12.5. The molecular formula is C20H22N4O3. The smallest absolute Gasteiger partial charge is 0.305 e. The summed E-state index contributed by atoms with van der Waals surface area (Å²) in [5, 5.41) is 18.7. The third-order valence-electron chi connectivity index (χ3n) is 4.54. The summed E-state index contributed by atoms with van der Waals surface area (Å²) in [6.07, 6.45) is 4.21. The van der Waals surface area contributed by atoms with Gasteiger partial charge in [0.25, 0.3) is 5.91 Å². The fraction of sp³-hybridized carbons (Fsp3) is 0.250. The van der Waals surface area contributed by atoms with Gasteiger partial charge in [0.15, 0.2) is 0 Å². The lowest BCUT2D eigenvalue weighted by Crippen LogP contribution is -2.22. The van der Waals surface area contributed by atoms with E-state index in [9.17, 15) is 9.59 Å². The zero-order chi connectivity index (χ0) is 19.2. The molecular weight excluding hydrogens is 344 g/mol. The van der Waals surface area contributed by atoms with E-state index in [0.717, 1.165) is 36.1 Å². The molecule has 27 heavy (non-hydrogen) atoms. The monoisotopic (exact) mass is 366 g/mol. The number of nitrogens with one attached hydrogen (secondary N) is 2. The minimum absolute atomic E-state index is 0.0779. The molecule has 1 aliphatic heterocycles. The Morgan fingerprint density at radius 3 is 2.74 bits per heavy atom. The Kier molecular flexibility index (Phi) is 5.71. The van der Waals surface area contributed by atoms with E-state index in [1.165, 1.54) is 6.21 Å². The molecule has 0 aliphatic carbocycles. The van der Waals surface area contributed by atoms with Crippen LogP contribution in [-0.4, -0.2) is 29.2 Å². The molecule has 0 radical (unpaired) electrons. The van der Waals surface area contributed by atoms with Crippen LogP contribution >= 0.6 is 0 Å². The zero-order valence-electron chi connectivity index (χ0n) is 14.8. The van der Waals surface area contributed by atoms with Crippen LogP contribution in [0, 0.1) is 0 Å². The number of carboxylic acids is 1. The average Bonchev–Trinajstić information content (AvgIpc) is 2.83. The second-order valence-electron chi connectivity index (χ2n) is 6.56. The molecule has 1 unspecified atom stereocenters. The predicted molar refractivity (Wildman–Crippen MR) is 105 cm³/mol. The van der Waals surface area contributed by atoms with E-state index in [1.807, 2.05) is 18.2 Å². The molecule has 0 spiro atoms. The Labute approximate surface area is 157 Å². The van der Waals surface area contributed by atoms with E-state index in [1.54, 1.807) is 24.3 Å². The molecule has 2 aromatic rings. The number of carbonyl (C=O) groups excluding carboxylic acids is 1. The quantitative estimate of drug-likeness (QED) is 0.369. The lowest BCUT2D eigenvalue weighted by atomic mass is 10.1. The van der Waals surface area contributed by atoms with Gasteiger partial charge in [0.1, 0.15) is 0 Å². The number of hydrogen-bond acceptors (Lipinski definition) is 5. The first-order valence-corrected chi connectivity index (χ1v) is 8.81. The maximum atomic E-state index is 12.5.